The van der Waals surface area contributed by atoms with Crippen LogP contribution in [0.5, 0.6) is 0 Å². The van der Waals surface area contributed by atoms with Crippen LogP contribution < -0.4 is 0 Å². The summed E-state index contributed by atoms with van der Waals surface area (Å²) < 4.78 is 11.9. The summed E-state index contributed by atoms with van der Waals surface area (Å²) in [5.74, 6) is 0.492. The quantitative estimate of drug-likeness (QED) is 0.706. The fourth-order valence-electron chi connectivity index (χ4n) is 4.94. The van der Waals surface area contributed by atoms with Gasteiger partial charge in [-0.3, -0.25) is 4.79 Å². The molecule has 5 nitrogen and oxygen atoms in total. The molecule has 1 saturated heterocycles. The van der Waals surface area contributed by atoms with Crippen LogP contribution in [0.25, 0.3) is 0 Å². The number of ketones is 1. The average molecular weight is 308 g/mol. The molecule has 4 rings (SSSR count). The topological polar surface area (TPSA) is 76.0 Å². The first-order valence-corrected chi connectivity index (χ1v) is 8.17. The molecule has 0 aromatic rings. The molecule has 2 bridgehead atoms. The SMILES string of the molecule is CC1(C)OC2=C(C[C@H]3[C@H]1CC[C@@]3(C)O)C(=O)[C@]1(O)CO[C@H]2C1. The number of ether oxygens (including phenoxy) is 2. The maximum absolute atomic E-state index is 12.8. The summed E-state index contributed by atoms with van der Waals surface area (Å²) in [4.78, 5) is 12.8. The fraction of sp³-hybridized carbons (Fsp3) is 0.824. The molecule has 0 radical (unpaired) electrons. The zero-order chi connectivity index (χ0) is 15.9. The van der Waals surface area contributed by atoms with Crippen molar-refractivity contribution in [2.75, 3.05) is 6.61 Å². The van der Waals surface area contributed by atoms with Gasteiger partial charge in [0.25, 0.3) is 0 Å². The van der Waals surface area contributed by atoms with Gasteiger partial charge in [-0.2, -0.15) is 0 Å². The summed E-state index contributed by atoms with van der Waals surface area (Å²) in [6.07, 6.45) is 2.02. The van der Waals surface area contributed by atoms with Gasteiger partial charge in [0.05, 0.1) is 12.2 Å². The van der Waals surface area contributed by atoms with Crippen molar-refractivity contribution in [3.63, 3.8) is 0 Å². The van der Waals surface area contributed by atoms with Gasteiger partial charge in [0.1, 0.15) is 17.5 Å². The summed E-state index contributed by atoms with van der Waals surface area (Å²) in [5.41, 5.74) is -2.11. The second-order valence-electron chi connectivity index (χ2n) is 8.23. The first-order chi connectivity index (χ1) is 10.1. The third kappa shape index (κ3) is 1.79. The lowest BCUT2D eigenvalue weighted by Crippen LogP contribution is -2.44. The largest absolute Gasteiger partial charge is 0.489 e. The van der Waals surface area contributed by atoms with Gasteiger partial charge in [-0.25, -0.2) is 0 Å². The van der Waals surface area contributed by atoms with Gasteiger partial charge < -0.3 is 19.7 Å². The van der Waals surface area contributed by atoms with Crippen molar-refractivity contribution < 1.29 is 24.5 Å². The minimum Gasteiger partial charge on any atom is -0.489 e. The lowest BCUT2D eigenvalue weighted by molar-refractivity contribution is -0.133. The Balaban J connectivity index is 1.82. The molecule has 0 unspecified atom stereocenters. The van der Waals surface area contributed by atoms with Crippen LogP contribution in [-0.2, 0) is 14.3 Å². The number of rotatable bonds is 0. The molecule has 4 aliphatic rings. The highest BCUT2D eigenvalue weighted by Gasteiger charge is 2.59. The summed E-state index contributed by atoms with van der Waals surface area (Å²) in [7, 11) is 0. The number of hydrogen-bond acceptors (Lipinski definition) is 5. The number of aliphatic hydroxyl groups is 2. The summed E-state index contributed by atoms with van der Waals surface area (Å²) in [5, 5.41) is 21.2. The van der Waals surface area contributed by atoms with Gasteiger partial charge in [-0.1, -0.05) is 0 Å². The lowest BCUT2D eigenvalue weighted by Gasteiger charge is -2.37. The number of fused-ring (bicyclic) bond motifs is 4. The molecule has 5 atom stereocenters. The highest BCUT2D eigenvalue weighted by atomic mass is 16.6. The molecule has 2 aliphatic carbocycles. The van der Waals surface area contributed by atoms with E-state index in [0.29, 0.717) is 17.8 Å². The van der Waals surface area contributed by atoms with Crippen molar-refractivity contribution in [1.82, 2.24) is 0 Å². The third-order valence-electron chi connectivity index (χ3n) is 6.27. The standard InChI is InChI=1S/C17H24O5/c1-15(2)10-4-5-16(3,19)11(10)6-9-13(22-15)12-7-17(20,8-21-12)14(9)18/h10-12,19-20H,4-8H2,1-3H3/t10-,11+,12+,16-,17-/m1/s1. The number of carbonyl (C=O) groups excluding carboxylic acids is 1. The smallest absolute Gasteiger partial charge is 0.196 e. The third-order valence-corrected chi connectivity index (χ3v) is 6.27. The Labute approximate surface area is 130 Å². The minimum absolute atomic E-state index is 0.0277. The van der Waals surface area contributed by atoms with Gasteiger partial charge in [0.2, 0.25) is 0 Å². The molecule has 5 heteroatoms. The first-order valence-electron chi connectivity index (χ1n) is 8.17. The van der Waals surface area contributed by atoms with E-state index in [1.807, 2.05) is 20.8 Å². The van der Waals surface area contributed by atoms with Crippen LogP contribution in [-0.4, -0.2) is 45.5 Å². The molecule has 2 aliphatic heterocycles. The molecule has 2 heterocycles. The van der Waals surface area contributed by atoms with Crippen molar-refractivity contribution >= 4 is 5.78 Å². The molecule has 2 N–H and O–H groups in total. The fourth-order valence-corrected chi connectivity index (χ4v) is 4.94. The normalized spacial score (nSPS) is 49.5. The highest BCUT2D eigenvalue weighted by Crippen LogP contribution is 2.54. The van der Waals surface area contributed by atoms with Gasteiger partial charge in [-0.05, 0) is 46.0 Å². The van der Waals surface area contributed by atoms with Crippen molar-refractivity contribution in [2.24, 2.45) is 11.8 Å². The Morgan fingerprint density at radius 1 is 1.18 bits per heavy atom. The van der Waals surface area contributed by atoms with E-state index in [1.165, 1.54) is 0 Å². The van der Waals surface area contributed by atoms with Gasteiger partial charge >= 0.3 is 0 Å². The molecule has 122 valence electrons. The second kappa shape index (κ2) is 4.13. The summed E-state index contributed by atoms with van der Waals surface area (Å²) >= 11 is 0. The van der Waals surface area contributed by atoms with E-state index in [4.69, 9.17) is 9.47 Å². The maximum Gasteiger partial charge on any atom is 0.196 e. The predicted octanol–water partition coefficient (Wildman–Crippen LogP) is 1.32. The Kier molecular flexibility index (Phi) is 2.76. The van der Waals surface area contributed by atoms with E-state index in [9.17, 15) is 15.0 Å². The zero-order valence-electron chi connectivity index (χ0n) is 13.4. The van der Waals surface area contributed by atoms with Crippen LogP contribution in [0.15, 0.2) is 11.3 Å². The molecule has 0 amide bonds. The molecule has 2 fully saturated rings. The molecule has 0 spiro atoms. The highest BCUT2D eigenvalue weighted by molar-refractivity contribution is 6.04. The van der Waals surface area contributed by atoms with Crippen molar-refractivity contribution in [1.29, 1.82) is 0 Å². The van der Waals surface area contributed by atoms with Gasteiger partial charge in [-0.15, -0.1) is 0 Å². The van der Waals surface area contributed by atoms with Gasteiger partial charge in [0.15, 0.2) is 11.4 Å². The number of carbonyl (C=O) groups is 1. The van der Waals surface area contributed by atoms with E-state index >= 15 is 0 Å². The van der Waals surface area contributed by atoms with E-state index in [1.54, 1.807) is 0 Å². The molecule has 0 aromatic heterocycles. The molecule has 0 aromatic carbocycles. The number of hydrogen-bond donors (Lipinski definition) is 2. The Morgan fingerprint density at radius 2 is 1.91 bits per heavy atom. The van der Waals surface area contributed by atoms with Crippen LogP contribution in [0.1, 0.15) is 46.5 Å². The molecule has 22 heavy (non-hydrogen) atoms. The first kappa shape index (κ1) is 14.7. The van der Waals surface area contributed by atoms with Crippen molar-refractivity contribution in [3.8, 4) is 0 Å². The number of Topliss-reactive ketones (excluding diaryl/α,β-unsaturated/α-hetero) is 1. The van der Waals surface area contributed by atoms with Crippen LogP contribution in [0.3, 0.4) is 0 Å². The van der Waals surface area contributed by atoms with Crippen molar-refractivity contribution in [3.05, 3.63) is 11.3 Å². The molecule has 1 saturated carbocycles. The minimum atomic E-state index is -1.40. The summed E-state index contributed by atoms with van der Waals surface area (Å²) in [6.45, 7) is 5.95. The van der Waals surface area contributed by atoms with Crippen LogP contribution in [0, 0.1) is 11.8 Å². The monoisotopic (exact) mass is 308 g/mol. The van der Waals surface area contributed by atoms with Crippen LogP contribution >= 0.6 is 0 Å². The van der Waals surface area contributed by atoms with E-state index in [0.717, 1.165) is 12.8 Å². The van der Waals surface area contributed by atoms with E-state index in [2.05, 4.69) is 0 Å². The second-order valence-corrected chi connectivity index (χ2v) is 8.23. The molecular weight excluding hydrogens is 284 g/mol. The van der Waals surface area contributed by atoms with E-state index < -0.39 is 16.8 Å². The average Bonchev–Trinajstić information content (AvgIpc) is 2.88. The van der Waals surface area contributed by atoms with Crippen LogP contribution in [0.2, 0.25) is 0 Å². The Bertz CT molecular complexity index is 576. The molecular formula is C17H24O5. The predicted molar refractivity (Wildman–Crippen MR) is 78.0 cm³/mol. The van der Waals surface area contributed by atoms with Crippen LogP contribution in [0.4, 0.5) is 0 Å². The maximum atomic E-state index is 12.8. The summed E-state index contributed by atoms with van der Waals surface area (Å²) in [6, 6.07) is 0. The Morgan fingerprint density at radius 3 is 2.64 bits per heavy atom. The van der Waals surface area contributed by atoms with E-state index in [-0.39, 0.29) is 36.8 Å². The zero-order valence-corrected chi connectivity index (χ0v) is 13.4. The van der Waals surface area contributed by atoms with Gasteiger partial charge in [0, 0.05) is 17.9 Å². The van der Waals surface area contributed by atoms with Crippen molar-refractivity contribution in [2.45, 2.75) is 69.4 Å². The Hall–Kier alpha value is -0.910. The lowest BCUT2D eigenvalue weighted by atomic mass is 9.73.